The van der Waals surface area contributed by atoms with Gasteiger partial charge in [0.25, 0.3) is 5.56 Å². The third-order valence-electron chi connectivity index (χ3n) is 3.40. The molecule has 0 amide bonds. The van der Waals surface area contributed by atoms with Crippen LogP contribution < -0.4 is 15.6 Å². The fraction of sp³-hybridized carbons (Fsp3) is 0.353. The van der Waals surface area contributed by atoms with Gasteiger partial charge in [0.05, 0.1) is 12.3 Å². The second kappa shape index (κ2) is 7.09. The van der Waals surface area contributed by atoms with Crippen LogP contribution in [-0.4, -0.2) is 18.2 Å². The first-order valence-corrected chi connectivity index (χ1v) is 7.32. The first-order valence-electron chi connectivity index (χ1n) is 7.32. The van der Waals surface area contributed by atoms with Gasteiger partial charge >= 0.3 is 0 Å². The zero-order chi connectivity index (χ0) is 15.2. The van der Waals surface area contributed by atoms with Crippen molar-refractivity contribution >= 4 is 0 Å². The highest BCUT2D eigenvalue weighted by atomic mass is 16.5. The van der Waals surface area contributed by atoms with Crippen molar-refractivity contribution in [1.82, 2.24) is 9.88 Å². The van der Waals surface area contributed by atoms with E-state index in [1.807, 2.05) is 57.3 Å². The van der Waals surface area contributed by atoms with E-state index in [4.69, 9.17) is 4.74 Å². The molecular formula is C17H22N2O2. The van der Waals surface area contributed by atoms with Crippen LogP contribution >= 0.6 is 0 Å². The van der Waals surface area contributed by atoms with E-state index in [2.05, 4.69) is 5.32 Å². The van der Waals surface area contributed by atoms with Gasteiger partial charge in [-0.1, -0.05) is 18.2 Å². The van der Waals surface area contributed by atoms with Crippen molar-refractivity contribution in [1.29, 1.82) is 0 Å². The number of nitrogens with one attached hydrogen (secondary N) is 1. The Labute approximate surface area is 125 Å². The Bertz CT molecular complexity index is 662. The molecule has 0 unspecified atom stereocenters. The molecule has 2 rings (SSSR count). The molecular weight excluding hydrogens is 264 g/mol. The quantitative estimate of drug-likeness (QED) is 0.888. The Morgan fingerprint density at radius 2 is 1.90 bits per heavy atom. The summed E-state index contributed by atoms with van der Waals surface area (Å²) in [7, 11) is 1.84. The molecule has 112 valence electrons. The number of hydrogen-bond acceptors (Lipinski definition) is 3. The lowest BCUT2D eigenvalue weighted by Gasteiger charge is -2.16. The van der Waals surface area contributed by atoms with Crippen LogP contribution in [0.15, 0.2) is 41.2 Å². The number of benzene rings is 1. The van der Waals surface area contributed by atoms with Gasteiger partial charge in [-0.3, -0.25) is 4.79 Å². The summed E-state index contributed by atoms with van der Waals surface area (Å²) in [6.45, 7) is 5.75. The predicted molar refractivity (Wildman–Crippen MR) is 85.7 cm³/mol. The Kier molecular flexibility index (Phi) is 5.17. The minimum absolute atomic E-state index is 0.0515. The number of pyridine rings is 1. The van der Waals surface area contributed by atoms with Gasteiger partial charge in [0.15, 0.2) is 0 Å². The van der Waals surface area contributed by atoms with E-state index >= 15 is 0 Å². The zero-order valence-electron chi connectivity index (χ0n) is 12.8. The molecule has 0 saturated heterocycles. The van der Waals surface area contributed by atoms with E-state index < -0.39 is 0 Å². The van der Waals surface area contributed by atoms with Crippen LogP contribution in [0, 0.1) is 0 Å². The molecule has 1 aromatic carbocycles. The summed E-state index contributed by atoms with van der Waals surface area (Å²) in [4.78, 5) is 12.5. The maximum Gasteiger partial charge on any atom is 0.255 e. The van der Waals surface area contributed by atoms with Gasteiger partial charge in [0.2, 0.25) is 0 Å². The molecule has 21 heavy (non-hydrogen) atoms. The van der Waals surface area contributed by atoms with Gasteiger partial charge in [0.1, 0.15) is 5.75 Å². The zero-order valence-corrected chi connectivity index (χ0v) is 12.8. The number of nitrogens with zero attached hydrogens (tertiary/aromatic N) is 1. The van der Waals surface area contributed by atoms with Crippen LogP contribution in [0.2, 0.25) is 0 Å². The molecule has 0 aliphatic carbocycles. The summed E-state index contributed by atoms with van der Waals surface area (Å²) in [5.74, 6) is 0.808. The third kappa shape index (κ3) is 3.16. The number of para-hydroxylation sites is 1. The highest BCUT2D eigenvalue weighted by Crippen LogP contribution is 2.29. The first-order chi connectivity index (χ1) is 10.2. The molecule has 0 fully saturated rings. The second-order valence-electron chi connectivity index (χ2n) is 4.75. The normalized spacial score (nSPS) is 10.6. The molecule has 0 saturated carbocycles. The van der Waals surface area contributed by atoms with Crippen molar-refractivity contribution in [2.24, 2.45) is 0 Å². The standard InChI is InChI=1S/C17H22N2O2/c1-4-19-15(11-10-13(12-18-3)17(19)20)14-8-6-7-9-16(14)21-5-2/h6-11,18H,4-5,12H2,1-3H3. The molecule has 2 aromatic rings. The second-order valence-corrected chi connectivity index (χ2v) is 4.75. The fourth-order valence-corrected chi connectivity index (χ4v) is 2.46. The average molecular weight is 286 g/mol. The van der Waals surface area contributed by atoms with Gasteiger partial charge in [0, 0.05) is 24.2 Å². The maximum atomic E-state index is 12.5. The van der Waals surface area contributed by atoms with Crippen LogP contribution in [0.25, 0.3) is 11.3 Å². The van der Waals surface area contributed by atoms with E-state index in [1.165, 1.54) is 0 Å². The van der Waals surface area contributed by atoms with Crippen LogP contribution in [0.3, 0.4) is 0 Å². The van der Waals surface area contributed by atoms with Gasteiger partial charge in [-0.15, -0.1) is 0 Å². The summed E-state index contributed by atoms with van der Waals surface area (Å²) in [5, 5.41) is 3.03. The lowest BCUT2D eigenvalue weighted by molar-refractivity contribution is 0.341. The molecule has 0 spiro atoms. The van der Waals surface area contributed by atoms with E-state index in [9.17, 15) is 4.79 Å². The molecule has 4 heteroatoms. The predicted octanol–water partition coefficient (Wildman–Crippen LogP) is 2.65. The molecule has 0 aliphatic rings. The summed E-state index contributed by atoms with van der Waals surface area (Å²) < 4.78 is 7.48. The van der Waals surface area contributed by atoms with Crippen LogP contribution in [-0.2, 0) is 13.1 Å². The van der Waals surface area contributed by atoms with Crippen molar-refractivity contribution in [3.63, 3.8) is 0 Å². The molecule has 1 N–H and O–H groups in total. The SMILES string of the molecule is CCOc1ccccc1-c1ccc(CNC)c(=O)n1CC. The Hall–Kier alpha value is -2.07. The fourth-order valence-electron chi connectivity index (χ4n) is 2.46. The van der Waals surface area contributed by atoms with Crippen molar-refractivity contribution in [2.45, 2.75) is 26.9 Å². The van der Waals surface area contributed by atoms with E-state index in [1.54, 1.807) is 4.57 Å². The van der Waals surface area contributed by atoms with Gasteiger partial charge in [-0.2, -0.15) is 0 Å². The molecule has 0 radical (unpaired) electrons. The summed E-state index contributed by atoms with van der Waals surface area (Å²) in [6.07, 6.45) is 0. The van der Waals surface area contributed by atoms with Gasteiger partial charge in [-0.05, 0) is 39.1 Å². The lowest BCUT2D eigenvalue weighted by Crippen LogP contribution is -2.26. The summed E-state index contributed by atoms with van der Waals surface area (Å²) >= 11 is 0. The topological polar surface area (TPSA) is 43.3 Å². The number of hydrogen-bond donors (Lipinski definition) is 1. The minimum Gasteiger partial charge on any atom is -0.493 e. The van der Waals surface area contributed by atoms with E-state index in [0.29, 0.717) is 19.7 Å². The van der Waals surface area contributed by atoms with Crippen molar-refractivity contribution in [3.05, 3.63) is 52.3 Å². The number of rotatable bonds is 6. The Balaban J connectivity index is 2.59. The molecule has 0 bridgehead atoms. The molecule has 0 atom stereocenters. The lowest BCUT2D eigenvalue weighted by atomic mass is 10.1. The smallest absolute Gasteiger partial charge is 0.255 e. The van der Waals surface area contributed by atoms with Crippen molar-refractivity contribution < 1.29 is 4.74 Å². The van der Waals surface area contributed by atoms with Crippen LogP contribution in [0.1, 0.15) is 19.4 Å². The molecule has 0 aliphatic heterocycles. The number of aromatic nitrogens is 1. The van der Waals surface area contributed by atoms with E-state index in [0.717, 1.165) is 22.6 Å². The van der Waals surface area contributed by atoms with Crippen molar-refractivity contribution in [3.8, 4) is 17.0 Å². The van der Waals surface area contributed by atoms with Gasteiger partial charge in [-0.25, -0.2) is 0 Å². The highest BCUT2D eigenvalue weighted by molar-refractivity contribution is 5.67. The van der Waals surface area contributed by atoms with Crippen molar-refractivity contribution in [2.75, 3.05) is 13.7 Å². The monoisotopic (exact) mass is 286 g/mol. The highest BCUT2D eigenvalue weighted by Gasteiger charge is 2.12. The minimum atomic E-state index is 0.0515. The largest absolute Gasteiger partial charge is 0.493 e. The van der Waals surface area contributed by atoms with Gasteiger partial charge < -0.3 is 14.6 Å². The van der Waals surface area contributed by atoms with Crippen LogP contribution in [0.5, 0.6) is 5.75 Å². The third-order valence-corrected chi connectivity index (χ3v) is 3.40. The molecule has 1 heterocycles. The van der Waals surface area contributed by atoms with Crippen LogP contribution in [0.4, 0.5) is 0 Å². The summed E-state index contributed by atoms with van der Waals surface area (Å²) in [5.41, 5.74) is 2.67. The molecule has 1 aromatic heterocycles. The first kappa shape index (κ1) is 15.3. The number of ether oxygens (including phenoxy) is 1. The summed E-state index contributed by atoms with van der Waals surface area (Å²) in [6, 6.07) is 11.7. The molecule has 4 nitrogen and oxygen atoms in total. The average Bonchev–Trinajstić information content (AvgIpc) is 2.50. The maximum absolute atomic E-state index is 12.5. The van der Waals surface area contributed by atoms with E-state index in [-0.39, 0.29) is 5.56 Å². The Morgan fingerprint density at radius 3 is 2.57 bits per heavy atom. The Morgan fingerprint density at radius 1 is 1.14 bits per heavy atom.